The normalized spacial score (nSPS) is 11.6. The summed E-state index contributed by atoms with van der Waals surface area (Å²) < 4.78 is 47.3. The maximum atomic E-state index is 13.7. The molecule has 5 aromatic rings. The summed E-state index contributed by atoms with van der Waals surface area (Å²) in [4.78, 5) is 2.18. The number of fused-ring (bicyclic) bond motifs is 1. The van der Waals surface area contributed by atoms with E-state index in [2.05, 4.69) is 47.4 Å². The first kappa shape index (κ1) is 34.3. The number of rotatable bonds is 13. The number of hydrogen-bond donors (Lipinski definition) is 1. The molecule has 0 saturated carbocycles. The van der Waals surface area contributed by atoms with E-state index in [1.807, 2.05) is 54.6 Å². The average molecular weight is 654 g/mol. The molecule has 0 saturated heterocycles. The van der Waals surface area contributed by atoms with Gasteiger partial charge in [0.15, 0.2) is 0 Å². The first-order chi connectivity index (χ1) is 21.3. The Kier molecular flexibility index (Phi) is 12.3. The van der Waals surface area contributed by atoms with Crippen LogP contribution in [-0.2, 0) is 19.1 Å². The van der Waals surface area contributed by atoms with E-state index < -0.39 is 11.7 Å². The van der Waals surface area contributed by atoms with Gasteiger partial charge in [-0.25, -0.2) is 0 Å². The Bertz CT molecular complexity index is 1610. The lowest BCUT2D eigenvalue weighted by molar-refractivity contribution is -0.137. The highest BCUT2D eigenvalue weighted by Crippen LogP contribution is 2.37. The van der Waals surface area contributed by atoms with Crippen molar-refractivity contribution in [3.63, 3.8) is 0 Å². The van der Waals surface area contributed by atoms with Crippen LogP contribution in [0.5, 0.6) is 5.75 Å². The molecule has 0 aliphatic heterocycles. The summed E-state index contributed by atoms with van der Waals surface area (Å²) in [5, 5.41) is 1.92. The van der Waals surface area contributed by atoms with Gasteiger partial charge in [-0.15, -0.1) is 12.4 Å². The van der Waals surface area contributed by atoms with Crippen LogP contribution in [0.15, 0.2) is 115 Å². The predicted molar refractivity (Wildman–Crippen MR) is 181 cm³/mol. The van der Waals surface area contributed by atoms with Crippen LogP contribution in [0.4, 0.5) is 13.2 Å². The quantitative estimate of drug-likeness (QED) is 0.129. The van der Waals surface area contributed by atoms with Crippen molar-refractivity contribution in [3.8, 4) is 5.75 Å². The fourth-order valence-corrected chi connectivity index (χ4v) is 6.04. The van der Waals surface area contributed by atoms with Gasteiger partial charge in [0.05, 0.1) is 17.2 Å². The smallest absolute Gasteiger partial charge is 0.417 e. The second-order valence-electron chi connectivity index (χ2n) is 10.9. The van der Waals surface area contributed by atoms with E-state index in [1.54, 1.807) is 6.07 Å². The van der Waals surface area contributed by atoms with Gasteiger partial charge < -0.3 is 10.5 Å². The van der Waals surface area contributed by atoms with Gasteiger partial charge >= 0.3 is 6.18 Å². The molecule has 236 valence electrons. The van der Waals surface area contributed by atoms with E-state index >= 15 is 0 Å². The second kappa shape index (κ2) is 16.1. The monoisotopic (exact) mass is 652 g/mol. The van der Waals surface area contributed by atoms with Crippen LogP contribution in [0.3, 0.4) is 0 Å². The van der Waals surface area contributed by atoms with Crippen LogP contribution in [0.25, 0.3) is 10.8 Å². The van der Waals surface area contributed by atoms with Crippen molar-refractivity contribution in [1.29, 1.82) is 0 Å². The molecule has 0 radical (unpaired) electrons. The van der Waals surface area contributed by atoms with Crippen molar-refractivity contribution in [1.82, 2.24) is 4.90 Å². The Balaban J connectivity index is 0.00000461. The molecule has 5 aromatic carbocycles. The van der Waals surface area contributed by atoms with E-state index in [-0.39, 0.29) is 29.9 Å². The molecular formula is C37H37Cl2F3N2O. The first-order valence-electron chi connectivity index (χ1n) is 14.9. The Hall–Kier alpha value is -3.55. The van der Waals surface area contributed by atoms with Crippen molar-refractivity contribution >= 4 is 34.8 Å². The van der Waals surface area contributed by atoms with E-state index in [0.717, 1.165) is 40.1 Å². The van der Waals surface area contributed by atoms with Gasteiger partial charge in [0.1, 0.15) is 5.75 Å². The summed E-state index contributed by atoms with van der Waals surface area (Å²) >= 11 is 6.36. The third kappa shape index (κ3) is 8.80. The number of halogens is 5. The SMILES string of the molecule is Cl.NCCc1cccc2c(OCCCN(Cc3cccc(C(F)(F)F)c3Cl)CC(c3ccccc3)c3ccccc3)cccc12. The Morgan fingerprint density at radius 1 is 0.733 bits per heavy atom. The summed E-state index contributed by atoms with van der Waals surface area (Å²) in [5.74, 6) is 0.821. The molecule has 0 atom stereocenters. The lowest BCUT2D eigenvalue weighted by Crippen LogP contribution is -2.31. The fraction of sp³-hybridized carbons (Fsp3) is 0.243. The van der Waals surface area contributed by atoms with Crippen LogP contribution in [0, 0.1) is 0 Å². The molecule has 0 spiro atoms. The number of nitrogens with zero attached hydrogens (tertiary/aromatic N) is 1. The molecule has 0 unspecified atom stereocenters. The number of alkyl halides is 3. The summed E-state index contributed by atoms with van der Waals surface area (Å²) in [6.07, 6.45) is -3.06. The molecule has 0 fully saturated rings. The third-order valence-electron chi connectivity index (χ3n) is 7.88. The molecular weight excluding hydrogens is 616 g/mol. The molecule has 0 heterocycles. The Morgan fingerprint density at radius 3 is 1.98 bits per heavy atom. The van der Waals surface area contributed by atoms with Gasteiger partial charge in [-0.3, -0.25) is 4.90 Å². The van der Waals surface area contributed by atoms with Crippen LogP contribution >= 0.6 is 24.0 Å². The second-order valence-corrected chi connectivity index (χ2v) is 11.3. The summed E-state index contributed by atoms with van der Waals surface area (Å²) in [6.45, 7) is 2.50. The average Bonchev–Trinajstić information content (AvgIpc) is 3.03. The standard InChI is InChI=1S/C37H36ClF3N2O.ClH/c38-36-30(16-8-19-34(36)37(39,40)41)25-43(26-33(27-11-3-1-4-12-27)28-13-5-2-6-14-28)23-10-24-44-35-20-9-17-31-29(21-22-42)15-7-18-32(31)35;/h1-9,11-20,33H,10,21-26,42H2;1H. The largest absolute Gasteiger partial charge is 0.493 e. The molecule has 0 aliphatic rings. The van der Waals surface area contributed by atoms with E-state index in [4.69, 9.17) is 22.1 Å². The van der Waals surface area contributed by atoms with Gasteiger partial charge in [0, 0.05) is 30.9 Å². The number of hydrogen-bond acceptors (Lipinski definition) is 3. The van der Waals surface area contributed by atoms with Crippen molar-refractivity contribution in [2.75, 3.05) is 26.2 Å². The van der Waals surface area contributed by atoms with Crippen molar-refractivity contribution < 1.29 is 17.9 Å². The number of ether oxygens (including phenoxy) is 1. The molecule has 3 nitrogen and oxygen atoms in total. The first-order valence-corrected chi connectivity index (χ1v) is 15.2. The van der Waals surface area contributed by atoms with Gasteiger partial charge in [0.25, 0.3) is 0 Å². The van der Waals surface area contributed by atoms with E-state index in [9.17, 15) is 13.2 Å². The van der Waals surface area contributed by atoms with Gasteiger partial charge in [0.2, 0.25) is 0 Å². The highest BCUT2D eigenvalue weighted by molar-refractivity contribution is 6.32. The molecule has 0 aromatic heterocycles. The molecule has 0 amide bonds. The molecule has 2 N–H and O–H groups in total. The van der Waals surface area contributed by atoms with Crippen LogP contribution in [0.1, 0.15) is 40.2 Å². The zero-order valence-corrected chi connectivity index (χ0v) is 26.4. The summed E-state index contributed by atoms with van der Waals surface area (Å²) in [6, 6.07) is 36.7. The van der Waals surface area contributed by atoms with Gasteiger partial charge in [-0.1, -0.05) is 115 Å². The predicted octanol–water partition coefficient (Wildman–Crippen LogP) is 9.54. The van der Waals surface area contributed by atoms with E-state index in [0.29, 0.717) is 38.2 Å². The van der Waals surface area contributed by atoms with Crippen molar-refractivity contribution in [3.05, 3.63) is 148 Å². The molecule has 0 aliphatic carbocycles. The lowest BCUT2D eigenvalue weighted by Gasteiger charge is -2.29. The molecule has 45 heavy (non-hydrogen) atoms. The minimum absolute atomic E-state index is 0. The topological polar surface area (TPSA) is 38.5 Å². The minimum Gasteiger partial charge on any atom is -0.493 e. The minimum atomic E-state index is -4.52. The van der Waals surface area contributed by atoms with Crippen LogP contribution in [-0.4, -0.2) is 31.1 Å². The highest BCUT2D eigenvalue weighted by Gasteiger charge is 2.34. The molecule has 0 bridgehead atoms. The Morgan fingerprint density at radius 2 is 1.33 bits per heavy atom. The maximum Gasteiger partial charge on any atom is 0.417 e. The van der Waals surface area contributed by atoms with Crippen molar-refractivity contribution in [2.24, 2.45) is 5.73 Å². The molecule has 5 rings (SSSR count). The van der Waals surface area contributed by atoms with Crippen molar-refractivity contribution in [2.45, 2.75) is 31.5 Å². The number of benzene rings is 5. The van der Waals surface area contributed by atoms with E-state index in [1.165, 1.54) is 11.6 Å². The van der Waals surface area contributed by atoms with Crippen LogP contribution < -0.4 is 10.5 Å². The number of nitrogens with two attached hydrogens (primary N) is 1. The lowest BCUT2D eigenvalue weighted by atomic mass is 9.90. The van der Waals surface area contributed by atoms with Gasteiger partial charge in [-0.2, -0.15) is 13.2 Å². The zero-order chi connectivity index (χ0) is 30.9. The maximum absolute atomic E-state index is 13.7. The summed E-state index contributed by atoms with van der Waals surface area (Å²) in [5.41, 5.74) is 8.92. The third-order valence-corrected chi connectivity index (χ3v) is 8.33. The summed E-state index contributed by atoms with van der Waals surface area (Å²) in [7, 11) is 0. The fourth-order valence-electron chi connectivity index (χ4n) is 5.74. The van der Waals surface area contributed by atoms with Crippen LogP contribution in [0.2, 0.25) is 5.02 Å². The molecule has 8 heteroatoms. The Labute approximate surface area is 274 Å². The highest BCUT2D eigenvalue weighted by atomic mass is 35.5. The van der Waals surface area contributed by atoms with Gasteiger partial charge in [-0.05, 0) is 59.2 Å². The zero-order valence-electron chi connectivity index (χ0n) is 24.8.